The van der Waals surface area contributed by atoms with Gasteiger partial charge in [-0.15, -0.1) is 11.6 Å². The summed E-state index contributed by atoms with van der Waals surface area (Å²) in [6, 6.07) is 7.78. The van der Waals surface area contributed by atoms with E-state index in [1.165, 1.54) is 0 Å². The molecule has 0 aliphatic carbocycles. The Kier molecular flexibility index (Phi) is 7.86. The zero-order valence-corrected chi connectivity index (χ0v) is 15.3. The molecule has 1 aromatic carbocycles. The molecular weight excluding hydrogens is 347 g/mol. The van der Waals surface area contributed by atoms with Crippen LogP contribution in [0.15, 0.2) is 24.3 Å². The van der Waals surface area contributed by atoms with Crippen LogP contribution >= 0.6 is 23.2 Å². The second kappa shape index (κ2) is 9.90. The highest BCUT2D eigenvalue weighted by atomic mass is 35.5. The summed E-state index contributed by atoms with van der Waals surface area (Å²) in [5, 5.41) is 3.74. The van der Waals surface area contributed by atoms with Crippen LogP contribution in [0.25, 0.3) is 0 Å². The number of carbonyl (C=O) groups is 2. The maximum Gasteiger partial charge on any atom is 0.222 e. The van der Waals surface area contributed by atoms with Crippen molar-refractivity contribution in [2.24, 2.45) is 0 Å². The Hall–Kier alpha value is -1.26. The normalized spacial score (nSPS) is 15.3. The minimum atomic E-state index is 0.0585. The van der Waals surface area contributed by atoms with Crippen LogP contribution < -0.4 is 5.32 Å². The van der Waals surface area contributed by atoms with Gasteiger partial charge >= 0.3 is 0 Å². The number of nitrogens with zero attached hydrogens (tertiary/aromatic N) is 1. The molecule has 1 saturated heterocycles. The van der Waals surface area contributed by atoms with E-state index < -0.39 is 0 Å². The third-order valence-electron chi connectivity index (χ3n) is 4.29. The van der Waals surface area contributed by atoms with Crippen molar-refractivity contribution in [1.82, 2.24) is 10.2 Å². The van der Waals surface area contributed by atoms with E-state index in [0.29, 0.717) is 43.3 Å². The number of benzene rings is 1. The van der Waals surface area contributed by atoms with Crippen LogP contribution in [0.3, 0.4) is 0 Å². The van der Waals surface area contributed by atoms with Crippen LogP contribution in [0, 0.1) is 0 Å². The Balaban J connectivity index is 1.68. The number of piperidine rings is 1. The van der Waals surface area contributed by atoms with Crippen molar-refractivity contribution in [3.63, 3.8) is 0 Å². The van der Waals surface area contributed by atoms with Gasteiger partial charge < -0.3 is 10.2 Å². The van der Waals surface area contributed by atoms with Gasteiger partial charge in [-0.25, -0.2) is 0 Å². The van der Waals surface area contributed by atoms with Crippen LogP contribution in [0.5, 0.6) is 0 Å². The Morgan fingerprint density at radius 3 is 2.42 bits per heavy atom. The number of amides is 2. The number of carbonyl (C=O) groups excluding carboxylic acids is 2. The molecule has 4 nitrogen and oxygen atoms in total. The molecule has 0 radical (unpaired) electrons. The van der Waals surface area contributed by atoms with Crippen LogP contribution in [-0.4, -0.2) is 41.7 Å². The number of hydrogen-bond donors (Lipinski definition) is 1. The molecule has 1 heterocycles. The molecule has 2 rings (SSSR count). The van der Waals surface area contributed by atoms with Gasteiger partial charge in [0.25, 0.3) is 0 Å². The lowest BCUT2D eigenvalue weighted by Crippen LogP contribution is -2.46. The van der Waals surface area contributed by atoms with Crippen molar-refractivity contribution < 1.29 is 9.59 Å². The van der Waals surface area contributed by atoms with E-state index in [9.17, 15) is 9.59 Å². The monoisotopic (exact) mass is 370 g/mol. The molecule has 1 aliphatic heterocycles. The molecule has 0 saturated carbocycles. The summed E-state index contributed by atoms with van der Waals surface area (Å²) in [4.78, 5) is 25.9. The average Bonchev–Trinajstić information content (AvgIpc) is 2.60. The highest BCUT2D eigenvalue weighted by Crippen LogP contribution is 2.15. The van der Waals surface area contributed by atoms with Crippen molar-refractivity contribution in [2.75, 3.05) is 19.0 Å². The minimum absolute atomic E-state index is 0.0585. The predicted molar refractivity (Wildman–Crippen MR) is 97.5 cm³/mol. The lowest BCUT2D eigenvalue weighted by atomic mass is 10.0. The number of hydrogen-bond acceptors (Lipinski definition) is 2. The number of nitrogens with one attached hydrogen (secondary N) is 1. The minimum Gasteiger partial charge on any atom is -0.353 e. The van der Waals surface area contributed by atoms with Gasteiger partial charge in [0.15, 0.2) is 0 Å². The van der Waals surface area contributed by atoms with E-state index in [2.05, 4.69) is 5.32 Å². The van der Waals surface area contributed by atoms with Crippen LogP contribution in [-0.2, 0) is 16.0 Å². The summed E-state index contributed by atoms with van der Waals surface area (Å²) >= 11 is 11.5. The molecule has 0 atom stereocenters. The van der Waals surface area contributed by atoms with E-state index in [1.54, 1.807) is 0 Å². The summed E-state index contributed by atoms with van der Waals surface area (Å²) in [7, 11) is 0. The number of alkyl halides is 1. The Morgan fingerprint density at radius 2 is 1.79 bits per heavy atom. The molecule has 1 fully saturated rings. The van der Waals surface area contributed by atoms with Crippen LogP contribution in [0.4, 0.5) is 0 Å². The van der Waals surface area contributed by atoms with E-state index >= 15 is 0 Å². The molecule has 1 N–H and O–H groups in total. The standard InChI is InChI=1S/C18H24Cl2N2O2/c19-11-1-2-17(23)21-16-9-12-22(13-10-16)18(24)8-5-14-3-6-15(20)7-4-14/h3-4,6-7,16H,1-2,5,8-13H2,(H,21,23). The molecular formula is C18H24Cl2N2O2. The highest BCUT2D eigenvalue weighted by molar-refractivity contribution is 6.30. The zero-order chi connectivity index (χ0) is 17.4. The second-order valence-electron chi connectivity index (χ2n) is 6.14. The summed E-state index contributed by atoms with van der Waals surface area (Å²) < 4.78 is 0. The molecule has 0 bridgehead atoms. The lowest BCUT2D eigenvalue weighted by molar-refractivity contribution is -0.132. The van der Waals surface area contributed by atoms with E-state index in [1.807, 2.05) is 29.2 Å². The Bertz CT molecular complexity index is 540. The van der Waals surface area contributed by atoms with Gasteiger partial charge in [-0.2, -0.15) is 0 Å². The molecule has 0 aromatic heterocycles. The first-order chi connectivity index (χ1) is 11.6. The third kappa shape index (κ3) is 6.33. The van der Waals surface area contributed by atoms with Crippen molar-refractivity contribution in [3.05, 3.63) is 34.9 Å². The van der Waals surface area contributed by atoms with Gasteiger partial charge in [-0.3, -0.25) is 9.59 Å². The van der Waals surface area contributed by atoms with Crippen molar-refractivity contribution >= 4 is 35.0 Å². The van der Waals surface area contributed by atoms with Crippen molar-refractivity contribution in [3.8, 4) is 0 Å². The van der Waals surface area contributed by atoms with E-state index in [-0.39, 0.29) is 17.9 Å². The van der Waals surface area contributed by atoms with Gasteiger partial charge in [0, 0.05) is 42.9 Å². The van der Waals surface area contributed by atoms with Gasteiger partial charge in [0.05, 0.1) is 0 Å². The van der Waals surface area contributed by atoms with Gasteiger partial charge in [-0.1, -0.05) is 23.7 Å². The maximum atomic E-state index is 12.3. The summed E-state index contributed by atoms with van der Waals surface area (Å²) in [6.45, 7) is 1.42. The number of aryl methyl sites for hydroxylation is 1. The number of halogens is 2. The summed E-state index contributed by atoms with van der Waals surface area (Å²) in [6.07, 6.45) is 4.05. The quantitative estimate of drug-likeness (QED) is 0.747. The first-order valence-corrected chi connectivity index (χ1v) is 9.37. The SMILES string of the molecule is O=C(CCCCl)NC1CCN(C(=O)CCc2ccc(Cl)cc2)CC1. The summed E-state index contributed by atoms with van der Waals surface area (Å²) in [5.74, 6) is 0.744. The molecule has 132 valence electrons. The van der Waals surface area contributed by atoms with Crippen molar-refractivity contribution in [2.45, 2.75) is 44.6 Å². The molecule has 1 aliphatic rings. The molecule has 1 aromatic rings. The molecule has 6 heteroatoms. The topological polar surface area (TPSA) is 49.4 Å². The third-order valence-corrected chi connectivity index (χ3v) is 4.81. The smallest absolute Gasteiger partial charge is 0.222 e. The Morgan fingerprint density at radius 1 is 1.12 bits per heavy atom. The highest BCUT2D eigenvalue weighted by Gasteiger charge is 2.23. The van der Waals surface area contributed by atoms with Gasteiger partial charge in [-0.05, 0) is 43.4 Å². The van der Waals surface area contributed by atoms with Gasteiger partial charge in [0.1, 0.15) is 0 Å². The Labute approximate surface area is 153 Å². The molecule has 0 spiro atoms. The maximum absolute atomic E-state index is 12.3. The molecule has 0 unspecified atom stereocenters. The number of likely N-dealkylation sites (tertiary alicyclic amines) is 1. The summed E-state index contributed by atoms with van der Waals surface area (Å²) in [5.41, 5.74) is 1.12. The first-order valence-electron chi connectivity index (χ1n) is 8.46. The lowest BCUT2D eigenvalue weighted by Gasteiger charge is -2.32. The van der Waals surface area contributed by atoms with E-state index in [4.69, 9.17) is 23.2 Å². The van der Waals surface area contributed by atoms with Crippen molar-refractivity contribution in [1.29, 1.82) is 0 Å². The van der Waals surface area contributed by atoms with Crippen LogP contribution in [0.2, 0.25) is 5.02 Å². The fourth-order valence-corrected chi connectivity index (χ4v) is 3.12. The number of rotatable bonds is 7. The molecule has 2 amide bonds. The van der Waals surface area contributed by atoms with Crippen LogP contribution in [0.1, 0.15) is 37.7 Å². The van der Waals surface area contributed by atoms with E-state index in [0.717, 1.165) is 24.8 Å². The predicted octanol–water partition coefficient (Wildman–Crippen LogP) is 3.40. The fraction of sp³-hybridized carbons (Fsp3) is 0.556. The molecule has 24 heavy (non-hydrogen) atoms. The largest absolute Gasteiger partial charge is 0.353 e. The first kappa shape index (κ1) is 19.1. The van der Waals surface area contributed by atoms with Gasteiger partial charge in [0.2, 0.25) is 11.8 Å². The zero-order valence-electron chi connectivity index (χ0n) is 13.8. The second-order valence-corrected chi connectivity index (χ2v) is 6.96. The fourth-order valence-electron chi connectivity index (χ4n) is 2.86. The average molecular weight is 371 g/mol.